The van der Waals surface area contributed by atoms with Crippen LogP contribution in [-0.2, 0) is 9.59 Å². The van der Waals surface area contributed by atoms with E-state index in [2.05, 4.69) is 4.98 Å². The number of aryl methyl sites for hydroxylation is 1. The second-order valence-corrected chi connectivity index (χ2v) is 7.22. The molecule has 0 spiro atoms. The number of aromatic nitrogens is 1. The maximum atomic E-state index is 12.5. The average molecular weight is 323 g/mol. The minimum Gasteiger partial charge on any atom is -0.481 e. The molecule has 118 valence electrons. The number of rotatable bonds is 2. The third-order valence-corrected chi connectivity index (χ3v) is 5.50. The van der Waals surface area contributed by atoms with Crippen LogP contribution in [0.4, 0.5) is 0 Å². The summed E-state index contributed by atoms with van der Waals surface area (Å²) in [6, 6.07) is 0. The van der Waals surface area contributed by atoms with Crippen LogP contribution in [0.15, 0.2) is 6.20 Å². The molecule has 2 atom stereocenters. The zero-order valence-corrected chi connectivity index (χ0v) is 13.2. The van der Waals surface area contributed by atoms with Gasteiger partial charge in [0.15, 0.2) is 0 Å². The summed E-state index contributed by atoms with van der Waals surface area (Å²) in [6.45, 7) is 4.35. The zero-order chi connectivity index (χ0) is 16.1. The highest BCUT2D eigenvalue weighted by molar-refractivity contribution is 7.13. The molecular formula is C14H17N3O4S. The monoisotopic (exact) mass is 323 g/mol. The number of hydrogen-bond donors (Lipinski definition) is 1. The van der Waals surface area contributed by atoms with Crippen LogP contribution in [0, 0.1) is 18.3 Å². The summed E-state index contributed by atoms with van der Waals surface area (Å²) in [5.41, 5.74) is -1.04. The van der Waals surface area contributed by atoms with E-state index in [0.29, 0.717) is 18.0 Å². The van der Waals surface area contributed by atoms with E-state index in [-0.39, 0.29) is 30.8 Å². The highest BCUT2D eigenvalue weighted by Crippen LogP contribution is 2.43. The molecule has 0 unspecified atom stereocenters. The Balaban J connectivity index is 1.82. The smallest absolute Gasteiger partial charge is 0.313 e. The van der Waals surface area contributed by atoms with Gasteiger partial charge < -0.3 is 14.9 Å². The lowest BCUT2D eigenvalue weighted by Gasteiger charge is -2.24. The molecule has 1 aromatic rings. The molecular weight excluding hydrogens is 306 g/mol. The normalized spacial score (nSPS) is 27.1. The summed E-state index contributed by atoms with van der Waals surface area (Å²) in [4.78, 5) is 43.6. The molecule has 22 heavy (non-hydrogen) atoms. The number of hydrogen-bond acceptors (Lipinski definition) is 5. The molecule has 3 heterocycles. The molecule has 1 aromatic heterocycles. The van der Waals surface area contributed by atoms with Crippen LogP contribution < -0.4 is 0 Å². The lowest BCUT2D eigenvalue weighted by Crippen LogP contribution is -2.42. The maximum Gasteiger partial charge on any atom is 0.313 e. The average Bonchev–Trinajstić information content (AvgIpc) is 3.09. The highest BCUT2D eigenvalue weighted by atomic mass is 32.1. The molecule has 0 bridgehead atoms. The minimum absolute atomic E-state index is 0.119. The molecule has 0 aromatic carbocycles. The molecule has 2 aliphatic rings. The fourth-order valence-electron chi connectivity index (χ4n) is 3.38. The van der Waals surface area contributed by atoms with Crippen molar-refractivity contribution in [1.82, 2.24) is 14.8 Å². The lowest BCUT2D eigenvalue weighted by molar-refractivity contribution is -0.149. The van der Waals surface area contributed by atoms with Gasteiger partial charge in [0.25, 0.3) is 5.91 Å². The van der Waals surface area contributed by atoms with Gasteiger partial charge in [0.05, 0.1) is 11.2 Å². The van der Waals surface area contributed by atoms with Gasteiger partial charge in [0.1, 0.15) is 10.3 Å². The number of amides is 2. The van der Waals surface area contributed by atoms with Crippen molar-refractivity contribution in [3.8, 4) is 0 Å². The van der Waals surface area contributed by atoms with Crippen LogP contribution >= 0.6 is 11.3 Å². The van der Waals surface area contributed by atoms with Gasteiger partial charge in [-0.15, -0.1) is 11.3 Å². The van der Waals surface area contributed by atoms with Crippen molar-refractivity contribution in [2.75, 3.05) is 26.2 Å². The molecule has 1 N–H and O–H groups in total. The third-order valence-electron chi connectivity index (χ3n) is 4.60. The first kappa shape index (κ1) is 15.0. The van der Waals surface area contributed by atoms with E-state index in [4.69, 9.17) is 0 Å². The quantitative estimate of drug-likeness (QED) is 0.853. The number of carboxylic acids is 1. The van der Waals surface area contributed by atoms with Crippen LogP contribution in [-0.4, -0.2) is 63.9 Å². The van der Waals surface area contributed by atoms with Crippen molar-refractivity contribution in [1.29, 1.82) is 0 Å². The van der Waals surface area contributed by atoms with Gasteiger partial charge in [-0.3, -0.25) is 14.4 Å². The summed E-state index contributed by atoms with van der Waals surface area (Å²) < 4.78 is 0. The summed E-state index contributed by atoms with van der Waals surface area (Å²) in [5, 5.41) is 10.5. The first-order chi connectivity index (χ1) is 10.3. The van der Waals surface area contributed by atoms with Crippen molar-refractivity contribution in [2.45, 2.75) is 13.8 Å². The van der Waals surface area contributed by atoms with Gasteiger partial charge in [0, 0.05) is 39.0 Å². The Bertz CT molecular complexity index is 658. The molecule has 8 heteroatoms. The molecule has 0 aliphatic carbocycles. The Hall–Kier alpha value is -1.96. The number of carbonyl (C=O) groups excluding carboxylic acids is 2. The number of carboxylic acid groups (broad SMARTS) is 1. The van der Waals surface area contributed by atoms with Crippen LogP contribution in [0.2, 0.25) is 0 Å². The Morgan fingerprint density at radius 2 is 1.95 bits per heavy atom. The molecule has 3 rings (SSSR count). The fourth-order valence-corrected chi connectivity index (χ4v) is 4.12. The minimum atomic E-state index is -1.04. The van der Waals surface area contributed by atoms with E-state index < -0.39 is 11.4 Å². The van der Waals surface area contributed by atoms with Crippen molar-refractivity contribution in [3.63, 3.8) is 0 Å². The van der Waals surface area contributed by atoms with E-state index in [9.17, 15) is 19.5 Å². The molecule has 0 saturated carbocycles. The summed E-state index contributed by atoms with van der Waals surface area (Å²) >= 11 is 1.31. The second kappa shape index (κ2) is 5.05. The standard InChI is InChI=1S/C14H17N3O4S/c1-8-15-3-11(22-8)12(19)17-5-10-4-16(9(2)18)6-14(10,7-17)13(20)21/h3,10H,4-7H2,1-2H3,(H,20,21)/t10-,14-/m1/s1. The molecule has 2 fully saturated rings. The van der Waals surface area contributed by atoms with Gasteiger partial charge in [-0.1, -0.05) is 0 Å². The Labute approximate surface area is 131 Å². The number of thiazole rings is 1. The van der Waals surface area contributed by atoms with Crippen LogP contribution in [0.1, 0.15) is 21.6 Å². The SMILES string of the molecule is CC(=O)N1C[C@@H]2CN(C(=O)c3cnc(C)s3)C[C@]2(C(=O)O)C1. The molecule has 2 aliphatic heterocycles. The zero-order valence-electron chi connectivity index (χ0n) is 12.4. The first-order valence-electron chi connectivity index (χ1n) is 7.04. The van der Waals surface area contributed by atoms with Crippen molar-refractivity contribution in [3.05, 3.63) is 16.1 Å². The van der Waals surface area contributed by atoms with Crippen molar-refractivity contribution in [2.24, 2.45) is 11.3 Å². The van der Waals surface area contributed by atoms with E-state index in [1.54, 1.807) is 9.80 Å². The van der Waals surface area contributed by atoms with Gasteiger partial charge in [-0.05, 0) is 6.92 Å². The summed E-state index contributed by atoms with van der Waals surface area (Å²) in [7, 11) is 0. The fraction of sp³-hybridized carbons (Fsp3) is 0.571. The molecule has 7 nitrogen and oxygen atoms in total. The van der Waals surface area contributed by atoms with Crippen molar-refractivity contribution < 1.29 is 19.5 Å². The van der Waals surface area contributed by atoms with Crippen LogP contribution in [0.3, 0.4) is 0 Å². The van der Waals surface area contributed by atoms with Crippen molar-refractivity contribution >= 4 is 29.1 Å². The number of nitrogens with zero attached hydrogens (tertiary/aromatic N) is 3. The molecule has 2 amide bonds. The predicted molar refractivity (Wildman–Crippen MR) is 78.6 cm³/mol. The summed E-state index contributed by atoms with van der Waals surface area (Å²) in [5.74, 6) is -1.44. The predicted octanol–water partition coefficient (Wildman–Crippen LogP) is 0.457. The third kappa shape index (κ3) is 2.18. The van der Waals surface area contributed by atoms with E-state index >= 15 is 0 Å². The molecule has 2 saturated heterocycles. The Morgan fingerprint density at radius 1 is 1.32 bits per heavy atom. The maximum absolute atomic E-state index is 12.5. The largest absolute Gasteiger partial charge is 0.481 e. The van der Waals surface area contributed by atoms with E-state index in [1.165, 1.54) is 24.5 Å². The topological polar surface area (TPSA) is 90.8 Å². The Kier molecular flexibility index (Phi) is 3.43. The number of fused-ring (bicyclic) bond motifs is 1. The summed E-state index contributed by atoms with van der Waals surface area (Å²) in [6.07, 6.45) is 1.53. The van der Waals surface area contributed by atoms with Crippen LogP contribution in [0.25, 0.3) is 0 Å². The number of aliphatic carboxylic acids is 1. The van der Waals surface area contributed by atoms with E-state index in [1.807, 2.05) is 6.92 Å². The molecule has 0 radical (unpaired) electrons. The Morgan fingerprint density at radius 3 is 2.45 bits per heavy atom. The number of carbonyl (C=O) groups is 3. The second-order valence-electron chi connectivity index (χ2n) is 5.99. The highest BCUT2D eigenvalue weighted by Gasteiger charge is 2.59. The van der Waals surface area contributed by atoms with Gasteiger partial charge in [-0.2, -0.15) is 0 Å². The number of likely N-dealkylation sites (tertiary alicyclic amines) is 2. The first-order valence-corrected chi connectivity index (χ1v) is 7.86. The lowest BCUT2D eigenvalue weighted by atomic mass is 9.81. The van der Waals surface area contributed by atoms with Gasteiger partial charge >= 0.3 is 5.97 Å². The van der Waals surface area contributed by atoms with E-state index in [0.717, 1.165) is 5.01 Å². The van der Waals surface area contributed by atoms with Gasteiger partial charge in [0.2, 0.25) is 5.91 Å². The van der Waals surface area contributed by atoms with Gasteiger partial charge in [-0.25, -0.2) is 4.98 Å². The van der Waals surface area contributed by atoms with Crippen LogP contribution in [0.5, 0.6) is 0 Å².